The minimum absolute atomic E-state index is 0.0418. The van der Waals surface area contributed by atoms with E-state index in [1.807, 2.05) is 13.8 Å². The fraction of sp³-hybridized carbons (Fsp3) is 0.923. The van der Waals surface area contributed by atoms with Crippen molar-refractivity contribution >= 4 is 5.91 Å². The van der Waals surface area contributed by atoms with Gasteiger partial charge < -0.3 is 20.7 Å². The van der Waals surface area contributed by atoms with Crippen molar-refractivity contribution in [3.63, 3.8) is 0 Å². The van der Waals surface area contributed by atoms with E-state index in [0.717, 1.165) is 19.6 Å². The van der Waals surface area contributed by atoms with Gasteiger partial charge in [0.2, 0.25) is 5.91 Å². The lowest BCUT2D eigenvalue weighted by Gasteiger charge is -2.10. The van der Waals surface area contributed by atoms with Gasteiger partial charge in [0.05, 0.1) is 13.2 Å². The Bertz CT molecular complexity index is 208. The van der Waals surface area contributed by atoms with Gasteiger partial charge in [0.15, 0.2) is 0 Å². The van der Waals surface area contributed by atoms with E-state index < -0.39 is 0 Å². The first kappa shape index (κ1) is 17.4. The summed E-state index contributed by atoms with van der Waals surface area (Å²) in [5.74, 6) is 0.122. The molecule has 0 heterocycles. The second-order valence-electron chi connectivity index (χ2n) is 4.92. The molecule has 0 aromatic carbocycles. The minimum atomic E-state index is 0.0418. The molecule has 0 aliphatic carbocycles. The van der Waals surface area contributed by atoms with Crippen molar-refractivity contribution in [2.45, 2.75) is 33.7 Å². The molecule has 0 fully saturated rings. The van der Waals surface area contributed by atoms with E-state index >= 15 is 0 Å². The molecule has 5 heteroatoms. The summed E-state index contributed by atoms with van der Waals surface area (Å²) in [6.45, 7) is 12.6. The molecular formula is C13H29N3O2. The molecule has 0 unspecified atom stereocenters. The SMILES string of the molecule is CC(C)NCCNCCOCCNC(=O)C(C)C. The third-order valence-electron chi connectivity index (χ3n) is 2.35. The quantitative estimate of drug-likeness (QED) is 0.469. The maximum absolute atomic E-state index is 11.2. The highest BCUT2D eigenvalue weighted by atomic mass is 16.5. The van der Waals surface area contributed by atoms with Gasteiger partial charge in [-0.25, -0.2) is 0 Å². The van der Waals surface area contributed by atoms with Crippen LogP contribution in [-0.4, -0.2) is 51.3 Å². The molecule has 0 aromatic rings. The average Bonchev–Trinajstić information content (AvgIpc) is 2.30. The Morgan fingerprint density at radius 2 is 1.67 bits per heavy atom. The zero-order valence-corrected chi connectivity index (χ0v) is 12.2. The van der Waals surface area contributed by atoms with Crippen molar-refractivity contribution in [1.82, 2.24) is 16.0 Å². The van der Waals surface area contributed by atoms with Crippen LogP contribution >= 0.6 is 0 Å². The van der Waals surface area contributed by atoms with Crippen molar-refractivity contribution in [2.24, 2.45) is 5.92 Å². The van der Waals surface area contributed by atoms with E-state index in [2.05, 4.69) is 29.8 Å². The van der Waals surface area contributed by atoms with Crippen LogP contribution in [0.5, 0.6) is 0 Å². The molecule has 0 aromatic heterocycles. The third kappa shape index (κ3) is 11.8. The number of carbonyl (C=O) groups excluding carboxylic acids is 1. The predicted molar refractivity (Wildman–Crippen MR) is 74.7 cm³/mol. The number of hydrogen-bond donors (Lipinski definition) is 3. The lowest BCUT2D eigenvalue weighted by molar-refractivity contribution is -0.124. The van der Waals surface area contributed by atoms with E-state index in [4.69, 9.17) is 4.74 Å². The summed E-state index contributed by atoms with van der Waals surface area (Å²) in [6.07, 6.45) is 0. The van der Waals surface area contributed by atoms with Crippen molar-refractivity contribution in [3.05, 3.63) is 0 Å². The van der Waals surface area contributed by atoms with Crippen LogP contribution in [0, 0.1) is 5.92 Å². The summed E-state index contributed by atoms with van der Waals surface area (Å²) in [7, 11) is 0. The third-order valence-corrected chi connectivity index (χ3v) is 2.35. The highest BCUT2D eigenvalue weighted by Gasteiger charge is 2.04. The van der Waals surface area contributed by atoms with E-state index in [1.165, 1.54) is 0 Å². The van der Waals surface area contributed by atoms with Crippen molar-refractivity contribution in [1.29, 1.82) is 0 Å². The van der Waals surface area contributed by atoms with Gasteiger partial charge >= 0.3 is 0 Å². The molecule has 0 radical (unpaired) electrons. The number of hydrogen-bond acceptors (Lipinski definition) is 4. The maximum atomic E-state index is 11.2. The molecule has 0 rings (SSSR count). The van der Waals surface area contributed by atoms with E-state index in [9.17, 15) is 4.79 Å². The van der Waals surface area contributed by atoms with Crippen molar-refractivity contribution < 1.29 is 9.53 Å². The molecule has 0 aliphatic heterocycles. The molecule has 0 bridgehead atoms. The van der Waals surface area contributed by atoms with Crippen molar-refractivity contribution in [2.75, 3.05) is 39.4 Å². The Labute approximate surface area is 111 Å². The Balaban J connectivity index is 3.10. The molecular weight excluding hydrogens is 230 g/mol. The highest BCUT2D eigenvalue weighted by Crippen LogP contribution is 1.89. The maximum Gasteiger partial charge on any atom is 0.222 e. The van der Waals surface area contributed by atoms with Gasteiger partial charge in [-0.05, 0) is 0 Å². The molecule has 18 heavy (non-hydrogen) atoms. The topological polar surface area (TPSA) is 62.4 Å². The van der Waals surface area contributed by atoms with Gasteiger partial charge in [-0.1, -0.05) is 27.7 Å². The largest absolute Gasteiger partial charge is 0.378 e. The molecule has 108 valence electrons. The summed E-state index contributed by atoms with van der Waals surface area (Å²) >= 11 is 0. The van der Waals surface area contributed by atoms with Crippen LogP contribution in [0.15, 0.2) is 0 Å². The number of nitrogens with one attached hydrogen (secondary N) is 3. The number of rotatable bonds is 11. The lowest BCUT2D eigenvalue weighted by Crippen LogP contribution is -2.34. The molecule has 0 saturated heterocycles. The minimum Gasteiger partial charge on any atom is -0.378 e. The Kier molecular flexibility index (Phi) is 11.0. The van der Waals surface area contributed by atoms with E-state index in [0.29, 0.717) is 25.8 Å². The second-order valence-corrected chi connectivity index (χ2v) is 4.92. The first-order valence-corrected chi connectivity index (χ1v) is 6.83. The molecule has 1 amide bonds. The molecule has 3 N–H and O–H groups in total. The number of ether oxygens (including phenoxy) is 1. The normalized spacial score (nSPS) is 11.2. The molecule has 0 aliphatic rings. The van der Waals surface area contributed by atoms with Crippen LogP contribution in [0.1, 0.15) is 27.7 Å². The molecule has 5 nitrogen and oxygen atoms in total. The monoisotopic (exact) mass is 259 g/mol. The molecule has 0 atom stereocenters. The van der Waals surface area contributed by atoms with Gasteiger partial charge in [-0.3, -0.25) is 4.79 Å². The van der Waals surface area contributed by atoms with Crippen LogP contribution in [0.4, 0.5) is 0 Å². The van der Waals surface area contributed by atoms with Crippen molar-refractivity contribution in [3.8, 4) is 0 Å². The average molecular weight is 259 g/mol. The van der Waals surface area contributed by atoms with Crippen LogP contribution in [0.25, 0.3) is 0 Å². The standard InChI is InChI=1S/C13H29N3O2/c1-11(2)13(17)16-8-10-18-9-7-14-5-6-15-12(3)4/h11-12,14-15H,5-10H2,1-4H3,(H,16,17). The predicted octanol–water partition coefficient (Wildman–Crippen LogP) is 0.363. The summed E-state index contributed by atoms with van der Waals surface area (Å²) in [5, 5.41) is 9.42. The number of carbonyl (C=O) groups is 1. The van der Waals surface area contributed by atoms with Crippen LogP contribution in [-0.2, 0) is 9.53 Å². The summed E-state index contributed by atoms with van der Waals surface area (Å²) in [5.41, 5.74) is 0. The van der Waals surface area contributed by atoms with Crippen LogP contribution < -0.4 is 16.0 Å². The zero-order valence-electron chi connectivity index (χ0n) is 12.2. The lowest BCUT2D eigenvalue weighted by atomic mass is 10.2. The smallest absolute Gasteiger partial charge is 0.222 e. The summed E-state index contributed by atoms with van der Waals surface area (Å²) in [6, 6.07) is 0.535. The molecule has 0 saturated carbocycles. The fourth-order valence-corrected chi connectivity index (χ4v) is 1.27. The van der Waals surface area contributed by atoms with Crippen LogP contribution in [0.2, 0.25) is 0 Å². The highest BCUT2D eigenvalue weighted by molar-refractivity contribution is 5.77. The first-order chi connectivity index (χ1) is 8.54. The zero-order chi connectivity index (χ0) is 13.8. The van der Waals surface area contributed by atoms with E-state index in [1.54, 1.807) is 0 Å². The Morgan fingerprint density at radius 1 is 1.00 bits per heavy atom. The van der Waals surface area contributed by atoms with Gasteiger partial charge in [0, 0.05) is 38.1 Å². The van der Waals surface area contributed by atoms with Crippen LogP contribution in [0.3, 0.4) is 0 Å². The van der Waals surface area contributed by atoms with Gasteiger partial charge in [0.1, 0.15) is 0 Å². The Morgan fingerprint density at radius 3 is 2.28 bits per heavy atom. The molecule has 0 spiro atoms. The fourth-order valence-electron chi connectivity index (χ4n) is 1.27. The summed E-state index contributed by atoms with van der Waals surface area (Å²) in [4.78, 5) is 11.2. The summed E-state index contributed by atoms with van der Waals surface area (Å²) < 4.78 is 5.39. The number of amides is 1. The second kappa shape index (κ2) is 11.4. The first-order valence-electron chi connectivity index (χ1n) is 6.83. The Hall–Kier alpha value is -0.650. The van der Waals surface area contributed by atoms with E-state index in [-0.39, 0.29) is 11.8 Å². The van der Waals surface area contributed by atoms with Gasteiger partial charge in [0.25, 0.3) is 0 Å². The van der Waals surface area contributed by atoms with Gasteiger partial charge in [-0.2, -0.15) is 0 Å². The van der Waals surface area contributed by atoms with Gasteiger partial charge in [-0.15, -0.1) is 0 Å².